The monoisotopic (exact) mass is 349 g/mol. The van der Waals surface area contributed by atoms with Crippen LogP contribution in [0.15, 0.2) is 33.2 Å². The summed E-state index contributed by atoms with van der Waals surface area (Å²) >= 11 is 3.35. The molecule has 0 radical (unpaired) electrons. The van der Waals surface area contributed by atoms with E-state index in [0.717, 1.165) is 10.0 Å². The number of benzene rings is 1. The third kappa shape index (κ3) is 4.41. The van der Waals surface area contributed by atoms with Crippen LogP contribution in [0.3, 0.4) is 0 Å². The van der Waals surface area contributed by atoms with Crippen molar-refractivity contribution in [2.75, 3.05) is 13.1 Å². The Hall–Kier alpha value is -2.17. The average molecular weight is 350 g/mol. The molecule has 0 saturated heterocycles. The minimum absolute atomic E-state index is 0.180. The van der Waals surface area contributed by atoms with Crippen LogP contribution in [0.25, 0.3) is 11.5 Å². The molecule has 0 amide bonds. The van der Waals surface area contributed by atoms with E-state index in [4.69, 9.17) is 15.9 Å². The highest BCUT2D eigenvalue weighted by atomic mass is 79.9. The van der Waals surface area contributed by atoms with Crippen LogP contribution in [0, 0.1) is 12.3 Å². The van der Waals surface area contributed by atoms with Crippen molar-refractivity contribution in [1.82, 2.24) is 15.1 Å². The van der Waals surface area contributed by atoms with Crippen molar-refractivity contribution in [3.05, 3.63) is 34.6 Å². The Morgan fingerprint density at radius 3 is 2.71 bits per heavy atom. The Balaban J connectivity index is 2.10. The molecule has 7 heteroatoms. The minimum atomic E-state index is -0.960. The number of rotatable bonds is 6. The summed E-state index contributed by atoms with van der Waals surface area (Å²) in [7, 11) is 0. The van der Waals surface area contributed by atoms with Gasteiger partial charge in [0.1, 0.15) is 0 Å². The summed E-state index contributed by atoms with van der Waals surface area (Å²) < 4.78 is 6.48. The largest absolute Gasteiger partial charge is 0.480 e. The van der Waals surface area contributed by atoms with E-state index in [9.17, 15) is 4.79 Å². The van der Waals surface area contributed by atoms with Crippen LogP contribution in [0.2, 0.25) is 0 Å². The molecule has 0 fully saturated rings. The second kappa shape index (κ2) is 7.02. The fraction of sp³-hybridized carbons (Fsp3) is 0.214. The lowest BCUT2D eigenvalue weighted by Crippen LogP contribution is -2.29. The van der Waals surface area contributed by atoms with Crippen molar-refractivity contribution in [3.8, 4) is 23.8 Å². The van der Waals surface area contributed by atoms with Gasteiger partial charge in [-0.3, -0.25) is 9.69 Å². The number of hydrogen-bond donors (Lipinski definition) is 1. The molecule has 0 aliphatic rings. The Kier molecular flexibility index (Phi) is 5.09. The van der Waals surface area contributed by atoms with Crippen molar-refractivity contribution >= 4 is 21.9 Å². The number of aliphatic carboxylic acids is 1. The number of carboxylic acids is 1. The van der Waals surface area contributed by atoms with Gasteiger partial charge < -0.3 is 9.52 Å². The van der Waals surface area contributed by atoms with Crippen LogP contribution < -0.4 is 0 Å². The van der Waals surface area contributed by atoms with E-state index in [1.807, 2.05) is 24.3 Å². The molecule has 0 bridgehead atoms. The van der Waals surface area contributed by atoms with Gasteiger partial charge in [-0.05, 0) is 24.3 Å². The molecule has 108 valence electrons. The molecule has 2 rings (SSSR count). The van der Waals surface area contributed by atoms with Crippen LogP contribution in [0.1, 0.15) is 5.89 Å². The molecule has 0 spiro atoms. The van der Waals surface area contributed by atoms with E-state index < -0.39 is 5.97 Å². The average Bonchev–Trinajstić information content (AvgIpc) is 2.87. The Morgan fingerprint density at radius 2 is 2.10 bits per heavy atom. The molecule has 0 unspecified atom stereocenters. The van der Waals surface area contributed by atoms with Crippen LogP contribution in [-0.2, 0) is 11.3 Å². The Bertz CT molecular complexity index is 661. The first-order chi connectivity index (χ1) is 10.1. The lowest BCUT2D eigenvalue weighted by molar-refractivity contribution is -0.138. The fourth-order valence-electron chi connectivity index (χ4n) is 1.71. The quantitative estimate of drug-likeness (QED) is 0.803. The number of halogens is 1. The number of hydrogen-bond acceptors (Lipinski definition) is 5. The first-order valence-corrected chi connectivity index (χ1v) is 6.83. The van der Waals surface area contributed by atoms with E-state index in [2.05, 4.69) is 32.0 Å². The van der Waals surface area contributed by atoms with Gasteiger partial charge in [0.2, 0.25) is 11.8 Å². The minimum Gasteiger partial charge on any atom is -0.480 e. The number of carbonyl (C=O) groups is 1. The van der Waals surface area contributed by atoms with E-state index >= 15 is 0 Å². The maximum atomic E-state index is 10.8. The van der Waals surface area contributed by atoms with Crippen LogP contribution in [-0.4, -0.2) is 39.3 Å². The number of carboxylic acid groups (broad SMARTS) is 1. The molecular formula is C14H12BrN3O3. The van der Waals surface area contributed by atoms with Crippen molar-refractivity contribution < 1.29 is 14.3 Å². The lowest BCUT2D eigenvalue weighted by atomic mass is 10.2. The highest BCUT2D eigenvalue weighted by molar-refractivity contribution is 9.10. The Morgan fingerprint density at radius 1 is 1.38 bits per heavy atom. The second-order valence-electron chi connectivity index (χ2n) is 4.25. The first-order valence-electron chi connectivity index (χ1n) is 6.04. The molecular weight excluding hydrogens is 338 g/mol. The van der Waals surface area contributed by atoms with Gasteiger partial charge in [-0.25, -0.2) is 0 Å². The normalized spacial score (nSPS) is 10.5. The predicted molar refractivity (Wildman–Crippen MR) is 79.2 cm³/mol. The van der Waals surface area contributed by atoms with Gasteiger partial charge in [-0.2, -0.15) is 0 Å². The maximum absolute atomic E-state index is 10.8. The standard InChI is InChI=1S/C14H12BrN3O3/c1-2-7-18(9-13(19)20)8-12-16-17-14(21-12)10-3-5-11(15)6-4-10/h1,3-6H,7-9H2,(H,19,20). The zero-order valence-electron chi connectivity index (χ0n) is 11.0. The van der Waals surface area contributed by atoms with Crippen LogP contribution in [0.5, 0.6) is 0 Å². The summed E-state index contributed by atoms with van der Waals surface area (Å²) in [6.07, 6.45) is 5.21. The molecule has 1 aromatic heterocycles. The summed E-state index contributed by atoms with van der Waals surface area (Å²) in [5.41, 5.74) is 0.790. The maximum Gasteiger partial charge on any atom is 0.317 e. The van der Waals surface area contributed by atoms with E-state index in [1.54, 1.807) is 0 Å². The summed E-state index contributed by atoms with van der Waals surface area (Å²) in [4.78, 5) is 12.3. The van der Waals surface area contributed by atoms with Gasteiger partial charge in [0, 0.05) is 10.0 Å². The summed E-state index contributed by atoms with van der Waals surface area (Å²) in [6, 6.07) is 7.43. The lowest BCUT2D eigenvalue weighted by Gasteiger charge is -2.14. The van der Waals surface area contributed by atoms with Gasteiger partial charge in [-0.1, -0.05) is 21.9 Å². The summed E-state index contributed by atoms with van der Waals surface area (Å²) in [6.45, 7) is 0.211. The predicted octanol–water partition coefficient (Wildman–Crippen LogP) is 2.02. The third-order valence-corrected chi connectivity index (χ3v) is 3.12. The smallest absolute Gasteiger partial charge is 0.317 e. The van der Waals surface area contributed by atoms with Crippen molar-refractivity contribution in [2.45, 2.75) is 6.54 Å². The summed E-state index contributed by atoms with van der Waals surface area (Å²) in [5.74, 6) is 2.15. The molecule has 0 atom stereocenters. The third-order valence-electron chi connectivity index (χ3n) is 2.59. The second-order valence-corrected chi connectivity index (χ2v) is 5.17. The molecule has 21 heavy (non-hydrogen) atoms. The van der Waals surface area contributed by atoms with Gasteiger partial charge in [0.05, 0.1) is 19.6 Å². The molecule has 6 nitrogen and oxygen atoms in total. The van der Waals surface area contributed by atoms with Crippen molar-refractivity contribution in [1.29, 1.82) is 0 Å². The fourth-order valence-corrected chi connectivity index (χ4v) is 1.97. The molecule has 2 aromatic rings. The molecule has 1 aromatic carbocycles. The van der Waals surface area contributed by atoms with Crippen LogP contribution in [0.4, 0.5) is 0 Å². The number of aromatic nitrogens is 2. The highest BCUT2D eigenvalue weighted by Crippen LogP contribution is 2.20. The van der Waals surface area contributed by atoms with Gasteiger partial charge >= 0.3 is 5.97 Å². The van der Waals surface area contributed by atoms with E-state index in [1.165, 1.54) is 4.90 Å². The highest BCUT2D eigenvalue weighted by Gasteiger charge is 2.14. The van der Waals surface area contributed by atoms with Gasteiger partial charge in [0.15, 0.2) is 0 Å². The molecule has 1 heterocycles. The summed E-state index contributed by atoms with van der Waals surface area (Å²) in [5, 5.41) is 16.7. The van der Waals surface area contributed by atoms with Gasteiger partial charge in [-0.15, -0.1) is 16.6 Å². The SMILES string of the molecule is C#CCN(CC(=O)O)Cc1nnc(-c2ccc(Br)cc2)o1. The van der Waals surface area contributed by atoms with Gasteiger partial charge in [0.25, 0.3) is 0 Å². The zero-order chi connectivity index (χ0) is 15.2. The first kappa shape index (κ1) is 15.2. The van der Waals surface area contributed by atoms with E-state index in [0.29, 0.717) is 11.8 Å². The van der Waals surface area contributed by atoms with Crippen LogP contribution >= 0.6 is 15.9 Å². The topological polar surface area (TPSA) is 79.5 Å². The van der Waals surface area contributed by atoms with E-state index in [-0.39, 0.29) is 19.6 Å². The Labute approximate surface area is 129 Å². The van der Waals surface area contributed by atoms with Crippen molar-refractivity contribution in [2.24, 2.45) is 0 Å². The molecule has 0 aliphatic heterocycles. The zero-order valence-corrected chi connectivity index (χ0v) is 12.6. The molecule has 0 saturated carbocycles. The molecule has 0 aliphatic carbocycles. The van der Waals surface area contributed by atoms with Crippen molar-refractivity contribution in [3.63, 3.8) is 0 Å². The number of nitrogens with zero attached hydrogens (tertiary/aromatic N) is 3. The molecule has 1 N–H and O–H groups in total. The number of terminal acetylenes is 1.